The van der Waals surface area contributed by atoms with Crippen molar-refractivity contribution in [3.8, 4) is 0 Å². The zero-order valence-corrected chi connectivity index (χ0v) is 51.9. The van der Waals surface area contributed by atoms with Crippen molar-refractivity contribution < 1.29 is 89.4 Å². The number of hydrogen-bond donors (Lipinski definition) is 12. The van der Waals surface area contributed by atoms with Gasteiger partial charge in [-0.15, -0.1) is 0 Å². The van der Waals surface area contributed by atoms with Crippen molar-refractivity contribution in [1.82, 2.24) is 5.32 Å². The van der Waals surface area contributed by atoms with Crippen molar-refractivity contribution >= 4 is 5.91 Å². The second-order valence-corrected chi connectivity index (χ2v) is 22.5. The molecule has 0 aromatic heterocycles. The third kappa shape index (κ3) is 31.7. The summed E-state index contributed by atoms with van der Waals surface area (Å²) < 4.78 is 34.1. The lowest BCUT2D eigenvalue weighted by Gasteiger charge is -2.48. The van der Waals surface area contributed by atoms with Crippen LogP contribution in [0.15, 0.2) is 122 Å². The van der Waals surface area contributed by atoms with Gasteiger partial charge in [0.1, 0.15) is 73.2 Å². The van der Waals surface area contributed by atoms with E-state index in [1.165, 1.54) is 0 Å². The van der Waals surface area contributed by atoms with E-state index >= 15 is 0 Å². The number of carbonyl (C=O) groups is 1. The highest BCUT2D eigenvalue weighted by Gasteiger charge is 2.53. The standard InChI is InChI=1S/C68H111NO18/c1-3-5-7-9-11-12-13-14-15-16-17-18-19-20-21-22-23-24-25-26-27-28-29-30-31-32-33-34-35-36-37-38-40-42-44-46-56(74)69-51(52(73)45-43-41-39-10-8-6-4-2)50-82-66-62(80)59(77)64(54(48-71)84-66)87-68-63(81)60(78)65(55(49-72)85-68)86-67-61(79)58(76)57(75)53(47-70)83-67/h5,7,11-12,14-15,17-18,20-21,23-24,26-27,29-30,32-33,43,45,51-55,57-68,70-73,75-81H,3-4,6,8-10,13,16,19,22,25,28,31,34-42,44,46-50H2,1-2H3,(H,69,74)/b7-5-,12-11-,15-14-,18-17-,21-20-,24-23-,27-26-,30-29-,33-32-,45-43+. The molecule has 0 radical (unpaired) electrons. The fourth-order valence-corrected chi connectivity index (χ4v) is 10.0. The summed E-state index contributed by atoms with van der Waals surface area (Å²) in [4.78, 5) is 13.3. The molecule has 17 unspecified atom stereocenters. The number of hydrogen-bond acceptors (Lipinski definition) is 18. The summed E-state index contributed by atoms with van der Waals surface area (Å²) >= 11 is 0. The average Bonchev–Trinajstić information content (AvgIpc) is 2.35. The van der Waals surface area contributed by atoms with Gasteiger partial charge in [0.05, 0.1) is 38.6 Å². The van der Waals surface area contributed by atoms with E-state index in [4.69, 9.17) is 28.4 Å². The Morgan fingerprint density at radius 2 is 0.793 bits per heavy atom. The van der Waals surface area contributed by atoms with Gasteiger partial charge < -0.3 is 89.9 Å². The van der Waals surface area contributed by atoms with E-state index in [1.807, 2.05) is 6.08 Å². The smallest absolute Gasteiger partial charge is 0.220 e. The summed E-state index contributed by atoms with van der Waals surface area (Å²) in [6.45, 7) is 1.49. The molecular weight excluding hydrogens is 1120 g/mol. The zero-order chi connectivity index (χ0) is 63.3. The summed E-state index contributed by atoms with van der Waals surface area (Å²) in [6.07, 6.45) is 39.5. The lowest BCUT2D eigenvalue weighted by molar-refractivity contribution is -0.379. The maximum Gasteiger partial charge on any atom is 0.220 e. The Kier molecular flexibility index (Phi) is 43.6. The van der Waals surface area contributed by atoms with E-state index in [1.54, 1.807) is 6.08 Å². The Morgan fingerprint density at radius 3 is 1.24 bits per heavy atom. The first-order valence-corrected chi connectivity index (χ1v) is 32.3. The molecular formula is C68H111NO18. The van der Waals surface area contributed by atoms with Crippen LogP contribution in [0.3, 0.4) is 0 Å². The van der Waals surface area contributed by atoms with Crippen molar-refractivity contribution in [3.05, 3.63) is 122 Å². The van der Waals surface area contributed by atoms with Gasteiger partial charge in [-0.3, -0.25) is 4.79 Å². The molecule has 0 aromatic carbocycles. The molecule has 3 aliphatic heterocycles. The van der Waals surface area contributed by atoms with Crippen LogP contribution in [0.25, 0.3) is 0 Å². The van der Waals surface area contributed by atoms with Gasteiger partial charge in [-0.25, -0.2) is 0 Å². The summed E-state index contributed by atoms with van der Waals surface area (Å²) in [5, 5.41) is 120. The normalized spacial score (nSPS) is 29.4. The van der Waals surface area contributed by atoms with Crippen molar-refractivity contribution in [3.63, 3.8) is 0 Å². The minimum absolute atomic E-state index is 0.221. The average molecular weight is 1230 g/mol. The molecule has 0 saturated carbocycles. The molecule has 0 aromatic rings. The van der Waals surface area contributed by atoms with Gasteiger partial charge in [-0.1, -0.05) is 193 Å². The highest BCUT2D eigenvalue weighted by Crippen LogP contribution is 2.33. The van der Waals surface area contributed by atoms with E-state index < -0.39 is 124 Å². The summed E-state index contributed by atoms with van der Waals surface area (Å²) in [6, 6.07) is -0.985. The second kappa shape index (κ2) is 49.0. The monoisotopic (exact) mass is 1230 g/mol. The lowest BCUT2D eigenvalue weighted by Crippen LogP contribution is -2.66. The van der Waals surface area contributed by atoms with Gasteiger partial charge >= 0.3 is 0 Å². The highest BCUT2D eigenvalue weighted by atomic mass is 16.8. The Hall–Kier alpha value is -3.81. The fraction of sp³-hybridized carbons (Fsp3) is 0.691. The van der Waals surface area contributed by atoms with Crippen molar-refractivity contribution in [2.24, 2.45) is 0 Å². The van der Waals surface area contributed by atoms with Crippen molar-refractivity contribution in [2.75, 3.05) is 26.4 Å². The molecule has 19 nitrogen and oxygen atoms in total. The lowest BCUT2D eigenvalue weighted by atomic mass is 9.96. The van der Waals surface area contributed by atoms with Crippen LogP contribution in [0.4, 0.5) is 0 Å². The molecule has 12 N–H and O–H groups in total. The van der Waals surface area contributed by atoms with Gasteiger partial charge in [-0.05, 0) is 89.9 Å². The minimum Gasteiger partial charge on any atom is -0.394 e. The molecule has 3 aliphatic rings. The number of amides is 1. The van der Waals surface area contributed by atoms with E-state index in [9.17, 15) is 61.0 Å². The number of ether oxygens (including phenoxy) is 6. The van der Waals surface area contributed by atoms with Crippen LogP contribution < -0.4 is 5.32 Å². The van der Waals surface area contributed by atoms with Crippen LogP contribution in [0.2, 0.25) is 0 Å². The molecule has 3 fully saturated rings. The van der Waals surface area contributed by atoms with Crippen molar-refractivity contribution in [2.45, 2.75) is 272 Å². The van der Waals surface area contributed by atoms with Crippen LogP contribution in [0.5, 0.6) is 0 Å². The Morgan fingerprint density at radius 1 is 0.425 bits per heavy atom. The Balaban J connectivity index is 1.34. The van der Waals surface area contributed by atoms with Crippen LogP contribution in [-0.4, -0.2) is 193 Å². The number of aliphatic hydroxyl groups excluding tert-OH is 11. The molecule has 0 aliphatic carbocycles. The topological polar surface area (TPSA) is 307 Å². The Bertz CT molecular complexity index is 2050. The maximum atomic E-state index is 13.3. The molecule has 19 heteroatoms. The summed E-state index contributed by atoms with van der Waals surface area (Å²) in [7, 11) is 0. The predicted octanol–water partition coefficient (Wildman–Crippen LogP) is 7.26. The van der Waals surface area contributed by atoms with E-state index in [0.29, 0.717) is 6.42 Å². The zero-order valence-electron chi connectivity index (χ0n) is 51.9. The van der Waals surface area contributed by atoms with E-state index in [0.717, 1.165) is 141 Å². The quantitative estimate of drug-likeness (QED) is 0.0211. The van der Waals surface area contributed by atoms with Gasteiger partial charge in [0, 0.05) is 6.42 Å². The first kappa shape index (κ1) is 77.4. The van der Waals surface area contributed by atoms with E-state index in [-0.39, 0.29) is 18.9 Å². The molecule has 3 rings (SSSR count). The van der Waals surface area contributed by atoms with Gasteiger partial charge in [0.15, 0.2) is 18.9 Å². The predicted molar refractivity (Wildman–Crippen MR) is 336 cm³/mol. The number of unbranched alkanes of at least 4 members (excludes halogenated alkanes) is 12. The first-order chi connectivity index (χ1) is 42.3. The molecule has 0 spiro atoms. The number of aliphatic hydroxyl groups is 11. The third-order valence-electron chi connectivity index (χ3n) is 15.3. The first-order valence-electron chi connectivity index (χ1n) is 32.3. The van der Waals surface area contributed by atoms with Crippen LogP contribution in [-0.2, 0) is 33.2 Å². The minimum atomic E-state index is -1.98. The molecule has 0 bridgehead atoms. The molecule has 3 saturated heterocycles. The summed E-state index contributed by atoms with van der Waals surface area (Å²) in [5.41, 5.74) is 0. The SMILES string of the molecule is CC/C=C\C/C=C\C/C=C\C/C=C\C/C=C\C/C=C\C/C=C\C/C=C\C/C=C\CCCCCCCCCC(=O)NC(COC1OC(CO)C(OC2OC(CO)C(OC3OC(CO)C(O)C(O)C3O)C(O)C2O)C(O)C1O)C(O)/C=C/CCCCCCC. The highest BCUT2D eigenvalue weighted by molar-refractivity contribution is 5.76. The maximum absolute atomic E-state index is 13.3. The number of rotatable bonds is 46. The Labute approximate surface area is 518 Å². The van der Waals surface area contributed by atoms with Crippen LogP contribution in [0, 0.1) is 0 Å². The van der Waals surface area contributed by atoms with Gasteiger partial charge in [0.2, 0.25) is 5.91 Å². The van der Waals surface area contributed by atoms with Crippen LogP contribution in [0.1, 0.15) is 168 Å². The van der Waals surface area contributed by atoms with Crippen LogP contribution >= 0.6 is 0 Å². The summed E-state index contributed by atoms with van der Waals surface area (Å²) in [5.74, 6) is -0.298. The molecule has 3 heterocycles. The largest absolute Gasteiger partial charge is 0.394 e. The van der Waals surface area contributed by atoms with E-state index in [2.05, 4.69) is 129 Å². The third-order valence-corrected chi connectivity index (χ3v) is 15.3. The molecule has 17 atom stereocenters. The van der Waals surface area contributed by atoms with Crippen molar-refractivity contribution in [1.29, 1.82) is 0 Å². The fourth-order valence-electron chi connectivity index (χ4n) is 10.0. The van der Waals surface area contributed by atoms with Gasteiger partial charge in [-0.2, -0.15) is 0 Å². The molecule has 87 heavy (non-hydrogen) atoms. The number of nitrogens with one attached hydrogen (secondary N) is 1. The number of carbonyl (C=O) groups excluding carboxylic acids is 1. The molecule has 1 amide bonds. The number of allylic oxidation sites excluding steroid dienone is 19. The molecule has 496 valence electrons. The second-order valence-electron chi connectivity index (χ2n) is 22.5. The van der Waals surface area contributed by atoms with Gasteiger partial charge in [0.25, 0.3) is 0 Å².